The number of ether oxygens (including phenoxy) is 1. The number of rotatable bonds is 7. The highest BCUT2D eigenvalue weighted by atomic mass is 19.1. The second-order valence-electron chi connectivity index (χ2n) is 11.3. The molecule has 0 spiro atoms. The van der Waals surface area contributed by atoms with Crippen molar-refractivity contribution in [3.05, 3.63) is 23.5 Å². The summed E-state index contributed by atoms with van der Waals surface area (Å²) in [6, 6.07) is 0.0481. The summed E-state index contributed by atoms with van der Waals surface area (Å²) in [7, 11) is 1.32. The Morgan fingerprint density at radius 1 is 1.30 bits per heavy atom. The number of alkyl halides is 1. The highest BCUT2D eigenvalue weighted by Crippen LogP contribution is 2.57. The van der Waals surface area contributed by atoms with Crippen LogP contribution in [0.1, 0.15) is 75.9 Å². The molecule has 2 atom stereocenters. The topological polar surface area (TPSA) is 85.2 Å². The molecule has 4 saturated carbocycles. The molecule has 0 aromatic carbocycles. The van der Waals surface area contributed by atoms with Gasteiger partial charge in [-0.1, -0.05) is 13.8 Å². The summed E-state index contributed by atoms with van der Waals surface area (Å²) < 4.78 is 21.4. The van der Waals surface area contributed by atoms with Crippen LogP contribution in [0.3, 0.4) is 0 Å². The number of alkyl carbamates (subject to hydrolysis) is 1. The molecule has 1 aromatic heterocycles. The first-order valence-electron chi connectivity index (χ1n) is 12.1. The molecule has 0 radical (unpaired) electrons. The third-order valence-corrected chi connectivity index (χ3v) is 7.48. The lowest BCUT2D eigenvalue weighted by Crippen LogP contribution is -2.60. The highest BCUT2D eigenvalue weighted by molar-refractivity contribution is 5.95. The van der Waals surface area contributed by atoms with Gasteiger partial charge in [0.2, 0.25) is 0 Å². The molecule has 4 aliphatic carbocycles. The van der Waals surface area contributed by atoms with Crippen LogP contribution in [-0.4, -0.2) is 46.1 Å². The van der Waals surface area contributed by atoms with E-state index in [0.29, 0.717) is 43.1 Å². The molecule has 8 heteroatoms. The van der Waals surface area contributed by atoms with Gasteiger partial charge in [0.1, 0.15) is 5.67 Å². The minimum atomic E-state index is -1.01. The Morgan fingerprint density at radius 3 is 2.55 bits per heavy atom. The van der Waals surface area contributed by atoms with Crippen LogP contribution < -0.4 is 10.6 Å². The number of nitrogens with one attached hydrogen (secondary N) is 2. The number of aromatic nitrogens is 2. The van der Waals surface area contributed by atoms with Crippen LogP contribution in [-0.2, 0) is 11.2 Å². The van der Waals surface area contributed by atoms with Crippen molar-refractivity contribution >= 4 is 18.2 Å². The molecular formula is C25H37FN4O3. The van der Waals surface area contributed by atoms with Crippen molar-refractivity contribution in [1.82, 2.24) is 20.4 Å². The van der Waals surface area contributed by atoms with Gasteiger partial charge in [-0.05, 0) is 82.1 Å². The van der Waals surface area contributed by atoms with E-state index in [2.05, 4.69) is 34.3 Å². The van der Waals surface area contributed by atoms with Gasteiger partial charge in [0.25, 0.3) is 5.91 Å². The Labute approximate surface area is 195 Å². The summed E-state index contributed by atoms with van der Waals surface area (Å²) >= 11 is 0. The molecular weight excluding hydrogens is 423 g/mol. The Balaban J connectivity index is 1.52. The molecule has 2 N–H and O–H groups in total. The van der Waals surface area contributed by atoms with Gasteiger partial charge in [0.05, 0.1) is 30.1 Å². The lowest BCUT2D eigenvalue weighted by atomic mass is 9.53. The van der Waals surface area contributed by atoms with Crippen LogP contribution in [0.15, 0.2) is 12.3 Å². The normalized spacial score (nSPS) is 30.8. The Morgan fingerprint density at radius 2 is 1.97 bits per heavy atom. The van der Waals surface area contributed by atoms with Crippen molar-refractivity contribution in [1.29, 1.82) is 0 Å². The quantitative estimate of drug-likeness (QED) is 0.634. The maximum Gasteiger partial charge on any atom is 0.407 e. The average Bonchev–Trinajstić information content (AvgIpc) is 3.09. The third-order valence-electron chi connectivity index (χ3n) is 7.48. The van der Waals surface area contributed by atoms with Crippen LogP contribution in [0.25, 0.3) is 6.20 Å². The molecule has 182 valence electrons. The molecule has 1 heterocycles. The van der Waals surface area contributed by atoms with Gasteiger partial charge >= 0.3 is 6.09 Å². The zero-order valence-corrected chi connectivity index (χ0v) is 20.4. The van der Waals surface area contributed by atoms with E-state index in [1.807, 2.05) is 19.9 Å². The molecule has 2 unspecified atom stereocenters. The number of halogens is 1. The molecule has 0 saturated heterocycles. The van der Waals surface area contributed by atoms with E-state index in [0.717, 1.165) is 18.5 Å². The van der Waals surface area contributed by atoms with Crippen LogP contribution in [0.2, 0.25) is 0 Å². The molecule has 4 fully saturated rings. The first-order chi connectivity index (χ1) is 15.5. The SMILES string of the molecule is COC(=O)NC(C)(C)C=Cn1ncc(C(=O)NC2C3CC4CC2CC(F)(C4)C3)c1CC(C)C. The van der Waals surface area contributed by atoms with Crippen LogP contribution in [0.4, 0.5) is 9.18 Å². The smallest absolute Gasteiger partial charge is 0.407 e. The predicted octanol–water partition coefficient (Wildman–Crippen LogP) is 4.33. The van der Waals surface area contributed by atoms with Crippen LogP contribution in [0, 0.1) is 23.7 Å². The second kappa shape index (κ2) is 8.76. The summed E-state index contributed by atoms with van der Waals surface area (Å²) in [6.45, 7) is 7.90. The van der Waals surface area contributed by atoms with Crippen molar-refractivity contribution in [3.63, 3.8) is 0 Å². The van der Waals surface area contributed by atoms with Gasteiger partial charge in [-0.3, -0.25) is 4.79 Å². The molecule has 4 bridgehead atoms. The summed E-state index contributed by atoms with van der Waals surface area (Å²) in [6.07, 6.45) is 9.30. The zero-order chi connectivity index (χ0) is 24.0. The minimum Gasteiger partial charge on any atom is -0.453 e. The minimum absolute atomic E-state index is 0.0481. The van der Waals surface area contributed by atoms with E-state index in [4.69, 9.17) is 0 Å². The van der Waals surface area contributed by atoms with Crippen molar-refractivity contribution < 1.29 is 18.7 Å². The van der Waals surface area contributed by atoms with Crippen molar-refractivity contribution in [2.24, 2.45) is 23.7 Å². The Kier molecular flexibility index (Phi) is 6.31. The van der Waals surface area contributed by atoms with E-state index < -0.39 is 17.3 Å². The maximum absolute atomic E-state index is 15.0. The monoisotopic (exact) mass is 460 g/mol. The van der Waals surface area contributed by atoms with Gasteiger partial charge in [-0.15, -0.1) is 0 Å². The first kappa shape index (κ1) is 23.8. The van der Waals surface area contributed by atoms with Crippen molar-refractivity contribution in [2.75, 3.05) is 7.11 Å². The number of amides is 2. The molecule has 2 amide bonds. The first-order valence-corrected chi connectivity index (χ1v) is 12.1. The largest absolute Gasteiger partial charge is 0.453 e. The average molecular weight is 461 g/mol. The van der Waals surface area contributed by atoms with E-state index in [9.17, 15) is 9.59 Å². The van der Waals surface area contributed by atoms with Crippen molar-refractivity contribution in [3.8, 4) is 0 Å². The van der Waals surface area contributed by atoms with Crippen molar-refractivity contribution in [2.45, 2.75) is 83.5 Å². The standard InChI is InChI=1S/C25H37FN4O3/c1-15(2)8-20-19(14-27-30(20)7-6-24(3,4)29-23(32)33-5)22(31)28-21-17-9-16-10-18(21)13-25(26,11-16)12-17/h6-7,14-18,21H,8-13H2,1-5H3,(H,28,31)(H,29,32). The fourth-order valence-corrected chi connectivity index (χ4v) is 6.30. The van der Waals surface area contributed by atoms with Crippen LogP contribution in [0.5, 0.6) is 0 Å². The molecule has 7 nitrogen and oxygen atoms in total. The molecule has 4 aliphatic rings. The van der Waals surface area contributed by atoms with E-state index >= 15 is 4.39 Å². The van der Waals surface area contributed by atoms with E-state index in [1.54, 1.807) is 17.1 Å². The maximum atomic E-state index is 15.0. The summed E-state index contributed by atoms with van der Waals surface area (Å²) in [5.74, 6) is 1.15. The van der Waals surface area contributed by atoms with Gasteiger partial charge < -0.3 is 15.4 Å². The van der Waals surface area contributed by atoms with Gasteiger partial charge in [0.15, 0.2) is 0 Å². The van der Waals surface area contributed by atoms with Crippen LogP contribution >= 0.6 is 0 Å². The lowest BCUT2D eigenvalue weighted by molar-refractivity contribution is -0.0906. The fourth-order valence-electron chi connectivity index (χ4n) is 6.30. The number of carbonyl (C=O) groups is 2. The van der Waals surface area contributed by atoms with Gasteiger partial charge in [0, 0.05) is 12.2 Å². The highest BCUT2D eigenvalue weighted by Gasteiger charge is 2.56. The number of carbonyl (C=O) groups excluding carboxylic acids is 2. The molecule has 1 aromatic rings. The molecule has 5 rings (SSSR count). The lowest BCUT2D eigenvalue weighted by Gasteiger charge is -2.56. The third kappa shape index (κ3) is 5.09. The summed E-state index contributed by atoms with van der Waals surface area (Å²) in [5.41, 5.74) is -0.269. The van der Waals surface area contributed by atoms with Gasteiger partial charge in [-0.2, -0.15) is 5.10 Å². The Bertz CT molecular complexity index is 922. The summed E-state index contributed by atoms with van der Waals surface area (Å²) in [4.78, 5) is 25.0. The summed E-state index contributed by atoms with van der Waals surface area (Å²) in [5, 5.41) is 10.5. The molecule has 0 aliphatic heterocycles. The number of methoxy groups -OCH3 is 1. The van der Waals surface area contributed by atoms with E-state index in [-0.39, 0.29) is 23.8 Å². The van der Waals surface area contributed by atoms with E-state index in [1.165, 1.54) is 7.11 Å². The number of hydrogen-bond donors (Lipinski definition) is 2. The molecule has 33 heavy (non-hydrogen) atoms. The second-order valence-corrected chi connectivity index (χ2v) is 11.3. The number of nitrogens with zero attached hydrogens (tertiary/aromatic N) is 2. The number of hydrogen-bond acceptors (Lipinski definition) is 4. The van der Waals surface area contributed by atoms with Gasteiger partial charge in [-0.25, -0.2) is 13.9 Å². The predicted molar refractivity (Wildman–Crippen MR) is 124 cm³/mol. The fraction of sp³-hybridized carbons (Fsp3) is 0.720. The zero-order valence-electron chi connectivity index (χ0n) is 20.4. The Hall–Kier alpha value is -2.38.